The van der Waals surface area contributed by atoms with Crippen molar-refractivity contribution < 1.29 is 4.79 Å². The first-order valence-corrected chi connectivity index (χ1v) is 11.1. The first-order valence-electron chi connectivity index (χ1n) is 10.2. The van der Waals surface area contributed by atoms with E-state index in [0.717, 1.165) is 22.6 Å². The first-order chi connectivity index (χ1) is 14.7. The Bertz CT molecular complexity index is 1160. The number of nitrogens with zero attached hydrogens (tertiary/aromatic N) is 4. The predicted octanol–water partition coefficient (Wildman–Crippen LogP) is 4.41. The molecule has 1 amide bonds. The van der Waals surface area contributed by atoms with Gasteiger partial charge >= 0.3 is 0 Å². The molecule has 1 fully saturated rings. The van der Waals surface area contributed by atoms with Crippen molar-refractivity contribution in [3.63, 3.8) is 0 Å². The van der Waals surface area contributed by atoms with E-state index >= 15 is 0 Å². The molecular formula is C23H23N5OS. The van der Waals surface area contributed by atoms with Crippen molar-refractivity contribution in [2.24, 2.45) is 0 Å². The molecule has 0 aliphatic heterocycles. The van der Waals surface area contributed by atoms with Crippen molar-refractivity contribution >= 4 is 17.2 Å². The normalized spacial score (nSPS) is 13.5. The Kier molecular flexibility index (Phi) is 4.96. The second kappa shape index (κ2) is 7.91. The molecule has 7 heteroatoms. The number of hydrogen-bond acceptors (Lipinski definition) is 4. The number of para-hydroxylation sites is 1. The summed E-state index contributed by atoms with van der Waals surface area (Å²) in [6, 6.07) is 14.1. The van der Waals surface area contributed by atoms with E-state index in [-0.39, 0.29) is 5.91 Å². The molecule has 0 atom stereocenters. The van der Waals surface area contributed by atoms with Gasteiger partial charge in [-0.3, -0.25) is 9.48 Å². The van der Waals surface area contributed by atoms with Crippen molar-refractivity contribution in [3.05, 3.63) is 76.4 Å². The molecule has 0 radical (unpaired) electrons. The van der Waals surface area contributed by atoms with Crippen LogP contribution >= 0.6 is 11.3 Å². The lowest BCUT2D eigenvalue weighted by atomic mass is 10.2. The Morgan fingerprint density at radius 1 is 1.23 bits per heavy atom. The van der Waals surface area contributed by atoms with Gasteiger partial charge in [0.05, 0.1) is 35.4 Å². The Labute approximate surface area is 179 Å². The molecule has 3 aromatic heterocycles. The highest BCUT2D eigenvalue weighted by Gasteiger charge is 2.28. The summed E-state index contributed by atoms with van der Waals surface area (Å²) in [4.78, 5) is 12.7. The number of nitrogens with one attached hydrogen (secondary N) is 1. The van der Waals surface area contributed by atoms with Crippen molar-refractivity contribution in [3.8, 4) is 16.9 Å². The third-order valence-electron chi connectivity index (χ3n) is 5.49. The largest absolute Gasteiger partial charge is 0.350 e. The Balaban J connectivity index is 1.26. The highest BCUT2D eigenvalue weighted by molar-refractivity contribution is 7.08. The lowest BCUT2D eigenvalue weighted by Crippen LogP contribution is -2.28. The van der Waals surface area contributed by atoms with Crippen LogP contribution in [0, 0.1) is 6.92 Å². The fourth-order valence-corrected chi connectivity index (χ4v) is 4.35. The monoisotopic (exact) mass is 417 g/mol. The second-order valence-electron chi connectivity index (χ2n) is 7.61. The number of aromatic nitrogens is 4. The van der Waals surface area contributed by atoms with Gasteiger partial charge in [0.25, 0.3) is 5.91 Å². The zero-order valence-corrected chi connectivity index (χ0v) is 17.6. The van der Waals surface area contributed by atoms with Gasteiger partial charge in [0.1, 0.15) is 0 Å². The topological polar surface area (TPSA) is 64.7 Å². The number of hydrogen-bond donors (Lipinski definition) is 1. The predicted molar refractivity (Wildman–Crippen MR) is 118 cm³/mol. The molecule has 152 valence electrons. The van der Waals surface area contributed by atoms with Crippen LogP contribution in [0.15, 0.2) is 59.4 Å². The van der Waals surface area contributed by atoms with Gasteiger partial charge in [0.2, 0.25) is 0 Å². The van der Waals surface area contributed by atoms with Crippen molar-refractivity contribution in [2.75, 3.05) is 6.54 Å². The number of carbonyl (C=O) groups excluding carboxylic acids is 1. The van der Waals surface area contributed by atoms with E-state index in [0.29, 0.717) is 24.6 Å². The van der Waals surface area contributed by atoms with Crippen molar-refractivity contribution in [1.82, 2.24) is 24.9 Å². The van der Waals surface area contributed by atoms with Gasteiger partial charge in [0.15, 0.2) is 0 Å². The Hall–Kier alpha value is -3.19. The van der Waals surface area contributed by atoms with Crippen LogP contribution in [0.2, 0.25) is 0 Å². The van der Waals surface area contributed by atoms with E-state index in [1.165, 1.54) is 18.5 Å². The van der Waals surface area contributed by atoms with Crippen LogP contribution in [0.1, 0.15) is 40.5 Å². The summed E-state index contributed by atoms with van der Waals surface area (Å²) < 4.78 is 3.85. The van der Waals surface area contributed by atoms with E-state index in [1.807, 2.05) is 37.3 Å². The summed E-state index contributed by atoms with van der Waals surface area (Å²) in [6.07, 6.45) is 4.08. The van der Waals surface area contributed by atoms with E-state index in [2.05, 4.69) is 38.0 Å². The molecule has 5 rings (SSSR count). The van der Waals surface area contributed by atoms with E-state index in [1.54, 1.807) is 22.2 Å². The van der Waals surface area contributed by atoms with Crippen molar-refractivity contribution in [2.45, 2.75) is 32.2 Å². The number of thiophene rings is 1. The molecule has 1 aliphatic carbocycles. The number of carbonyl (C=O) groups is 1. The molecule has 30 heavy (non-hydrogen) atoms. The zero-order valence-electron chi connectivity index (χ0n) is 16.8. The molecule has 0 saturated heterocycles. The number of amides is 1. The van der Waals surface area contributed by atoms with Crippen LogP contribution in [-0.4, -0.2) is 32.0 Å². The summed E-state index contributed by atoms with van der Waals surface area (Å²) in [5, 5.41) is 16.4. The van der Waals surface area contributed by atoms with Crippen LogP contribution in [0.4, 0.5) is 0 Å². The summed E-state index contributed by atoms with van der Waals surface area (Å²) in [7, 11) is 0. The molecule has 4 aromatic rings. The molecule has 0 bridgehead atoms. The van der Waals surface area contributed by atoms with Crippen LogP contribution in [0.25, 0.3) is 16.9 Å². The van der Waals surface area contributed by atoms with Gasteiger partial charge in [-0.1, -0.05) is 18.2 Å². The van der Waals surface area contributed by atoms with Gasteiger partial charge < -0.3 is 5.32 Å². The van der Waals surface area contributed by atoms with Gasteiger partial charge in [0, 0.05) is 29.1 Å². The SMILES string of the molecule is Cc1c(C(=O)NCCn2nc(-c3ccsc3)cc2C2CC2)cnn1-c1ccccc1. The molecule has 1 saturated carbocycles. The molecule has 1 aliphatic rings. The fraction of sp³-hybridized carbons (Fsp3) is 0.261. The minimum absolute atomic E-state index is 0.104. The Morgan fingerprint density at radius 3 is 2.80 bits per heavy atom. The summed E-state index contributed by atoms with van der Waals surface area (Å²) >= 11 is 1.68. The fourth-order valence-electron chi connectivity index (χ4n) is 3.70. The van der Waals surface area contributed by atoms with E-state index in [9.17, 15) is 4.79 Å². The standard InChI is InChI=1S/C23H23N5OS/c1-16-20(14-25-28(16)19-5-3-2-4-6-19)23(29)24-10-11-27-22(17-7-8-17)13-21(26-27)18-9-12-30-15-18/h2-6,9,12-15,17H,7-8,10-11H2,1H3,(H,24,29). The van der Waals surface area contributed by atoms with Gasteiger partial charge in [-0.2, -0.15) is 21.5 Å². The van der Waals surface area contributed by atoms with Crippen LogP contribution in [-0.2, 0) is 6.54 Å². The lowest BCUT2D eigenvalue weighted by molar-refractivity contribution is 0.0951. The third-order valence-corrected chi connectivity index (χ3v) is 6.17. The van der Waals surface area contributed by atoms with E-state index in [4.69, 9.17) is 5.10 Å². The Morgan fingerprint density at radius 2 is 2.07 bits per heavy atom. The first kappa shape index (κ1) is 18.8. The highest BCUT2D eigenvalue weighted by Crippen LogP contribution is 2.41. The lowest BCUT2D eigenvalue weighted by Gasteiger charge is -2.09. The summed E-state index contributed by atoms with van der Waals surface area (Å²) in [5.74, 6) is 0.500. The van der Waals surface area contributed by atoms with E-state index < -0.39 is 0 Å². The maximum Gasteiger partial charge on any atom is 0.254 e. The summed E-state index contributed by atoms with van der Waals surface area (Å²) in [5.41, 5.74) is 5.83. The second-order valence-corrected chi connectivity index (χ2v) is 8.39. The zero-order chi connectivity index (χ0) is 20.5. The quantitative estimate of drug-likeness (QED) is 0.484. The van der Waals surface area contributed by atoms with Crippen LogP contribution < -0.4 is 5.32 Å². The maximum atomic E-state index is 12.7. The minimum atomic E-state index is -0.104. The average molecular weight is 418 g/mol. The smallest absolute Gasteiger partial charge is 0.254 e. The highest BCUT2D eigenvalue weighted by atomic mass is 32.1. The maximum absolute atomic E-state index is 12.7. The molecule has 3 heterocycles. The number of benzene rings is 1. The van der Waals surface area contributed by atoms with Gasteiger partial charge in [-0.05, 0) is 49.4 Å². The third kappa shape index (κ3) is 3.68. The average Bonchev–Trinajstić information content (AvgIpc) is 3.16. The molecule has 1 N–H and O–H groups in total. The molecule has 0 unspecified atom stereocenters. The number of rotatable bonds is 7. The molecular weight excluding hydrogens is 394 g/mol. The van der Waals surface area contributed by atoms with Crippen LogP contribution in [0.3, 0.4) is 0 Å². The molecule has 1 aromatic carbocycles. The van der Waals surface area contributed by atoms with Crippen molar-refractivity contribution in [1.29, 1.82) is 0 Å². The van der Waals surface area contributed by atoms with Gasteiger partial charge in [-0.15, -0.1) is 0 Å². The summed E-state index contributed by atoms with van der Waals surface area (Å²) in [6.45, 7) is 3.10. The molecule has 6 nitrogen and oxygen atoms in total. The molecule has 0 spiro atoms. The van der Waals surface area contributed by atoms with Gasteiger partial charge in [-0.25, -0.2) is 4.68 Å². The van der Waals surface area contributed by atoms with Crippen LogP contribution in [0.5, 0.6) is 0 Å². The minimum Gasteiger partial charge on any atom is -0.350 e.